The van der Waals surface area contributed by atoms with E-state index in [2.05, 4.69) is 15.9 Å². The van der Waals surface area contributed by atoms with E-state index in [1.807, 2.05) is 34.9 Å². The van der Waals surface area contributed by atoms with E-state index in [0.29, 0.717) is 17.9 Å². The van der Waals surface area contributed by atoms with Crippen molar-refractivity contribution in [1.82, 2.24) is 10.6 Å². The molecule has 1 saturated heterocycles. The predicted octanol–water partition coefficient (Wildman–Crippen LogP) is 2.78. The summed E-state index contributed by atoms with van der Waals surface area (Å²) in [6, 6.07) is 13.9. The minimum absolute atomic E-state index is 0.122. The Morgan fingerprint density at radius 1 is 0.880 bits per heavy atom. The molecular formula is C18H13BrN2O4. The summed E-state index contributed by atoms with van der Waals surface area (Å²) in [4.78, 5) is 34.4. The number of urea groups is 1. The van der Waals surface area contributed by atoms with Gasteiger partial charge in [-0.3, -0.25) is 20.2 Å². The molecule has 1 aliphatic heterocycles. The van der Waals surface area contributed by atoms with Crippen LogP contribution in [-0.2, 0) is 16.2 Å². The molecule has 1 heterocycles. The summed E-state index contributed by atoms with van der Waals surface area (Å²) in [5, 5.41) is 4.06. The molecule has 2 N–H and O–H groups in total. The Balaban J connectivity index is 1.66. The number of hydrogen-bond acceptors (Lipinski definition) is 4. The van der Waals surface area contributed by atoms with Crippen LogP contribution in [0.5, 0.6) is 5.75 Å². The lowest BCUT2D eigenvalue weighted by atomic mass is 10.1. The van der Waals surface area contributed by atoms with Gasteiger partial charge in [0.15, 0.2) is 0 Å². The van der Waals surface area contributed by atoms with Crippen molar-refractivity contribution < 1.29 is 19.1 Å². The fourth-order valence-electron chi connectivity index (χ4n) is 2.18. The lowest BCUT2D eigenvalue weighted by molar-refractivity contribution is -0.123. The van der Waals surface area contributed by atoms with Crippen molar-refractivity contribution >= 4 is 39.9 Å². The van der Waals surface area contributed by atoms with Crippen molar-refractivity contribution in [1.29, 1.82) is 0 Å². The Hall–Kier alpha value is -2.93. The van der Waals surface area contributed by atoms with Crippen LogP contribution in [0.25, 0.3) is 6.08 Å². The van der Waals surface area contributed by atoms with E-state index < -0.39 is 17.8 Å². The highest BCUT2D eigenvalue weighted by Crippen LogP contribution is 2.18. The van der Waals surface area contributed by atoms with Gasteiger partial charge in [-0.25, -0.2) is 4.79 Å². The molecule has 0 aliphatic carbocycles. The van der Waals surface area contributed by atoms with Gasteiger partial charge in [0.1, 0.15) is 17.9 Å². The van der Waals surface area contributed by atoms with E-state index in [4.69, 9.17) is 4.74 Å². The number of carbonyl (C=O) groups is 3. The van der Waals surface area contributed by atoms with Crippen molar-refractivity contribution in [3.8, 4) is 5.75 Å². The summed E-state index contributed by atoms with van der Waals surface area (Å²) in [5.41, 5.74) is 1.56. The molecular weight excluding hydrogens is 388 g/mol. The lowest BCUT2D eigenvalue weighted by Gasteiger charge is -2.14. The van der Waals surface area contributed by atoms with E-state index in [9.17, 15) is 14.4 Å². The van der Waals surface area contributed by atoms with Gasteiger partial charge in [0, 0.05) is 4.47 Å². The number of benzene rings is 2. The highest BCUT2D eigenvalue weighted by Gasteiger charge is 2.27. The summed E-state index contributed by atoms with van der Waals surface area (Å²) in [5.74, 6) is -0.772. The second-order valence-corrected chi connectivity index (χ2v) is 6.20. The molecule has 0 unspecified atom stereocenters. The molecule has 0 atom stereocenters. The molecule has 2 aromatic rings. The Bertz CT molecular complexity index is 836. The molecule has 0 saturated carbocycles. The van der Waals surface area contributed by atoms with Gasteiger partial charge < -0.3 is 4.74 Å². The van der Waals surface area contributed by atoms with Crippen LogP contribution >= 0.6 is 15.9 Å². The molecule has 25 heavy (non-hydrogen) atoms. The van der Waals surface area contributed by atoms with Gasteiger partial charge in [0.25, 0.3) is 11.8 Å². The van der Waals surface area contributed by atoms with Crippen LogP contribution in [0.3, 0.4) is 0 Å². The maximum absolute atomic E-state index is 11.7. The molecule has 1 fully saturated rings. The van der Waals surface area contributed by atoms with Gasteiger partial charge in [0.05, 0.1) is 0 Å². The second-order valence-electron chi connectivity index (χ2n) is 5.28. The number of ether oxygens (including phenoxy) is 1. The number of rotatable bonds is 4. The van der Waals surface area contributed by atoms with E-state index in [-0.39, 0.29) is 5.57 Å². The van der Waals surface area contributed by atoms with Crippen molar-refractivity contribution in [2.45, 2.75) is 6.61 Å². The Morgan fingerprint density at radius 3 is 2.08 bits per heavy atom. The summed E-state index contributed by atoms with van der Waals surface area (Å²) >= 11 is 3.38. The van der Waals surface area contributed by atoms with Crippen molar-refractivity contribution in [2.75, 3.05) is 0 Å². The number of amides is 4. The first-order valence-corrected chi connectivity index (χ1v) is 8.16. The maximum Gasteiger partial charge on any atom is 0.328 e. The molecule has 0 spiro atoms. The third-order valence-electron chi connectivity index (χ3n) is 3.45. The SMILES string of the molecule is O=C1NC(=O)C(=Cc2ccc(OCc3ccc(Br)cc3)cc2)C(=O)N1. The molecule has 126 valence electrons. The van der Waals surface area contributed by atoms with E-state index in [1.54, 1.807) is 24.3 Å². The highest BCUT2D eigenvalue weighted by atomic mass is 79.9. The second kappa shape index (κ2) is 7.31. The van der Waals surface area contributed by atoms with Crippen molar-refractivity contribution in [2.24, 2.45) is 0 Å². The Kier molecular flexibility index (Phi) is 4.95. The summed E-state index contributed by atoms with van der Waals surface area (Å²) in [6.45, 7) is 0.431. The summed E-state index contributed by atoms with van der Waals surface area (Å²) in [6.07, 6.45) is 1.41. The standard InChI is InChI=1S/C18H13BrN2O4/c19-13-5-1-12(2-6-13)10-25-14-7-3-11(4-8-14)9-15-16(22)20-18(24)21-17(15)23/h1-9H,10H2,(H2,20,21,22,23,24). The van der Waals surface area contributed by atoms with Crippen LogP contribution in [0.4, 0.5) is 4.79 Å². The van der Waals surface area contributed by atoms with Crippen molar-refractivity contribution in [3.05, 3.63) is 69.7 Å². The fraction of sp³-hybridized carbons (Fsp3) is 0.0556. The van der Waals surface area contributed by atoms with Gasteiger partial charge in [-0.1, -0.05) is 40.2 Å². The van der Waals surface area contributed by atoms with Gasteiger partial charge >= 0.3 is 6.03 Å². The molecule has 4 amide bonds. The van der Waals surface area contributed by atoms with Gasteiger partial charge in [-0.05, 0) is 41.5 Å². The van der Waals surface area contributed by atoms with E-state index in [0.717, 1.165) is 10.0 Å². The number of hydrogen-bond donors (Lipinski definition) is 2. The van der Waals surface area contributed by atoms with Gasteiger partial charge in [-0.2, -0.15) is 0 Å². The first-order chi connectivity index (χ1) is 12.0. The molecule has 3 rings (SSSR count). The molecule has 0 bridgehead atoms. The number of nitrogens with one attached hydrogen (secondary N) is 2. The topological polar surface area (TPSA) is 84.5 Å². The summed E-state index contributed by atoms with van der Waals surface area (Å²) < 4.78 is 6.70. The van der Waals surface area contributed by atoms with Gasteiger partial charge in [0.2, 0.25) is 0 Å². The average molecular weight is 401 g/mol. The van der Waals surface area contributed by atoms with Crippen molar-refractivity contribution in [3.63, 3.8) is 0 Å². The monoisotopic (exact) mass is 400 g/mol. The van der Waals surface area contributed by atoms with Crippen LogP contribution in [0.2, 0.25) is 0 Å². The minimum atomic E-state index is -0.816. The molecule has 0 aromatic heterocycles. The molecule has 6 nitrogen and oxygen atoms in total. The third-order valence-corrected chi connectivity index (χ3v) is 3.98. The zero-order valence-electron chi connectivity index (χ0n) is 12.9. The number of halogens is 1. The molecule has 2 aromatic carbocycles. The number of barbiturate groups is 1. The number of carbonyl (C=O) groups excluding carboxylic acids is 3. The Morgan fingerprint density at radius 2 is 1.48 bits per heavy atom. The minimum Gasteiger partial charge on any atom is -0.489 e. The zero-order chi connectivity index (χ0) is 17.8. The largest absolute Gasteiger partial charge is 0.489 e. The highest BCUT2D eigenvalue weighted by molar-refractivity contribution is 9.10. The van der Waals surface area contributed by atoms with E-state index >= 15 is 0 Å². The van der Waals surface area contributed by atoms with Crippen LogP contribution in [0.1, 0.15) is 11.1 Å². The smallest absolute Gasteiger partial charge is 0.328 e. The van der Waals surface area contributed by atoms with Crippen LogP contribution < -0.4 is 15.4 Å². The average Bonchev–Trinajstić information content (AvgIpc) is 2.59. The first-order valence-electron chi connectivity index (χ1n) is 7.37. The van der Waals surface area contributed by atoms with E-state index in [1.165, 1.54) is 6.08 Å². The lowest BCUT2D eigenvalue weighted by Crippen LogP contribution is -2.51. The summed E-state index contributed by atoms with van der Waals surface area (Å²) in [7, 11) is 0. The maximum atomic E-state index is 11.7. The zero-order valence-corrected chi connectivity index (χ0v) is 14.5. The third kappa shape index (κ3) is 4.33. The Labute approximate surface area is 152 Å². The number of imide groups is 2. The van der Waals surface area contributed by atoms with Gasteiger partial charge in [-0.15, -0.1) is 0 Å². The van der Waals surface area contributed by atoms with Crippen LogP contribution in [0.15, 0.2) is 58.6 Å². The predicted molar refractivity (Wildman–Crippen MR) is 94.6 cm³/mol. The molecule has 1 aliphatic rings. The fourth-order valence-corrected chi connectivity index (χ4v) is 2.44. The normalized spacial score (nSPS) is 14.0. The van der Waals surface area contributed by atoms with Crippen LogP contribution in [0, 0.1) is 0 Å². The molecule has 7 heteroatoms. The first kappa shape index (κ1) is 16.9. The van der Waals surface area contributed by atoms with Crippen LogP contribution in [-0.4, -0.2) is 17.8 Å². The quantitative estimate of drug-likeness (QED) is 0.610. The molecule has 0 radical (unpaired) electrons.